The van der Waals surface area contributed by atoms with E-state index in [9.17, 15) is 4.39 Å². The van der Waals surface area contributed by atoms with Crippen LogP contribution in [0, 0.1) is 5.82 Å². The van der Waals surface area contributed by atoms with Gasteiger partial charge in [-0.25, -0.2) is 4.39 Å². The number of benzene rings is 2. The van der Waals surface area contributed by atoms with Gasteiger partial charge in [-0.3, -0.25) is 0 Å². The minimum absolute atomic E-state index is 0.138. The minimum atomic E-state index is -0.307. The first-order valence-electron chi connectivity index (χ1n) is 6.11. The first-order valence-corrected chi connectivity index (χ1v) is 6.90. The SMILES string of the molecule is NC1CC(c2ccccc2Br)Oc2cc(F)ccc21. The number of hydrogen-bond acceptors (Lipinski definition) is 2. The topological polar surface area (TPSA) is 35.2 Å². The van der Waals surface area contributed by atoms with Gasteiger partial charge in [-0.2, -0.15) is 0 Å². The molecule has 4 heteroatoms. The van der Waals surface area contributed by atoms with Crippen LogP contribution in [0.1, 0.15) is 29.7 Å². The minimum Gasteiger partial charge on any atom is -0.485 e. The van der Waals surface area contributed by atoms with E-state index in [0.29, 0.717) is 12.2 Å². The Morgan fingerprint density at radius 1 is 1.16 bits per heavy atom. The van der Waals surface area contributed by atoms with E-state index in [1.54, 1.807) is 6.07 Å². The third-order valence-corrected chi connectivity index (χ3v) is 4.09. The second kappa shape index (κ2) is 4.94. The lowest BCUT2D eigenvalue weighted by Gasteiger charge is -2.31. The van der Waals surface area contributed by atoms with Gasteiger partial charge in [0.25, 0.3) is 0 Å². The molecular formula is C15H13BrFNO. The summed E-state index contributed by atoms with van der Waals surface area (Å²) in [4.78, 5) is 0. The fourth-order valence-corrected chi connectivity index (χ4v) is 2.94. The molecule has 0 spiro atoms. The van der Waals surface area contributed by atoms with Crippen LogP contribution in [0.25, 0.3) is 0 Å². The van der Waals surface area contributed by atoms with E-state index >= 15 is 0 Å². The molecule has 1 heterocycles. The molecule has 2 nitrogen and oxygen atoms in total. The maximum absolute atomic E-state index is 13.3. The molecule has 0 fully saturated rings. The summed E-state index contributed by atoms with van der Waals surface area (Å²) in [5.74, 6) is 0.234. The van der Waals surface area contributed by atoms with Gasteiger partial charge in [-0.1, -0.05) is 40.2 Å². The molecule has 1 aliphatic rings. The fourth-order valence-electron chi connectivity index (χ4n) is 2.40. The molecule has 2 aromatic carbocycles. The molecule has 2 aromatic rings. The summed E-state index contributed by atoms with van der Waals surface area (Å²) in [6, 6.07) is 12.2. The van der Waals surface area contributed by atoms with Crippen LogP contribution in [0.4, 0.5) is 4.39 Å². The van der Waals surface area contributed by atoms with Crippen molar-refractivity contribution in [1.82, 2.24) is 0 Å². The van der Waals surface area contributed by atoms with Crippen molar-refractivity contribution in [3.8, 4) is 5.75 Å². The Hall–Kier alpha value is -1.39. The zero-order chi connectivity index (χ0) is 13.4. The summed E-state index contributed by atoms with van der Waals surface area (Å²) in [7, 11) is 0. The van der Waals surface area contributed by atoms with Crippen molar-refractivity contribution in [2.75, 3.05) is 0 Å². The second-order valence-corrected chi connectivity index (χ2v) is 5.51. The highest BCUT2D eigenvalue weighted by Crippen LogP contribution is 2.41. The van der Waals surface area contributed by atoms with Gasteiger partial charge < -0.3 is 10.5 Å². The Morgan fingerprint density at radius 2 is 1.95 bits per heavy atom. The molecule has 0 aromatic heterocycles. The van der Waals surface area contributed by atoms with Crippen LogP contribution in [0.15, 0.2) is 46.9 Å². The van der Waals surface area contributed by atoms with Crippen LogP contribution in [0.5, 0.6) is 5.75 Å². The molecule has 2 atom stereocenters. The van der Waals surface area contributed by atoms with E-state index in [-0.39, 0.29) is 18.0 Å². The van der Waals surface area contributed by atoms with Crippen molar-refractivity contribution in [2.45, 2.75) is 18.6 Å². The van der Waals surface area contributed by atoms with E-state index in [1.165, 1.54) is 12.1 Å². The number of hydrogen-bond donors (Lipinski definition) is 1. The third kappa shape index (κ3) is 2.38. The van der Waals surface area contributed by atoms with Gasteiger partial charge in [0.05, 0.1) is 0 Å². The summed E-state index contributed by atoms with van der Waals surface area (Å²) < 4.78 is 20.2. The van der Waals surface area contributed by atoms with Gasteiger partial charge in [0.1, 0.15) is 17.7 Å². The highest BCUT2D eigenvalue weighted by Gasteiger charge is 2.28. The number of rotatable bonds is 1. The van der Waals surface area contributed by atoms with Gasteiger partial charge in [-0.15, -0.1) is 0 Å². The van der Waals surface area contributed by atoms with Crippen molar-refractivity contribution in [2.24, 2.45) is 5.73 Å². The summed E-state index contributed by atoms with van der Waals surface area (Å²) in [5.41, 5.74) is 8.06. The highest BCUT2D eigenvalue weighted by molar-refractivity contribution is 9.10. The fraction of sp³-hybridized carbons (Fsp3) is 0.200. The van der Waals surface area contributed by atoms with Gasteiger partial charge in [-0.05, 0) is 12.1 Å². The maximum atomic E-state index is 13.3. The lowest BCUT2D eigenvalue weighted by Crippen LogP contribution is -2.24. The largest absolute Gasteiger partial charge is 0.485 e. The zero-order valence-corrected chi connectivity index (χ0v) is 11.7. The van der Waals surface area contributed by atoms with E-state index in [4.69, 9.17) is 10.5 Å². The molecule has 0 aliphatic carbocycles. The molecule has 0 amide bonds. The quantitative estimate of drug-likeness (QED) is 0.857. The molecule has 2 unspecified atom stereocenters. The van der Waals surface area contributed by atoms with E-state index in [2.05, 4.69) is 15.9 Å². The first-order chi connectivity index (χ1) is 9.15. The van der Waals surface area contributed by atoms with E-state index in [0.717, 1.165) is 15.6 Å². The molecule has 98 valence electrons. The van der Waals surface area contributed by atoms with Gasteiger partial charge in [0.2, 0.25) is 0 Å². The molecule has 0 bridgehead atoms. The number of nitrogens with two attached hydrogens (primary N) is 1. The molecule has 19 heavy (non-hydrogen) atoms. The maximum Gasteiger partial charge on any atom is 0.127 e. The van der Waals surface area contributed by atoms with Crippen molar-refractivity contribution in [3.05, 3.63) is 63.9 Å². The molecule has 3 rings (SSSR count). The number of halogens is 2. The Morgan fingerprint density at radius 3 is 2.74 bits per heavy atom. The number of fused-ring (bicyclic) bond motifs is 1. The number of ether oxygens (including phenoxy) is 1. The summed E-state index contributed by atoms with van der Waals surface area (Å²) in [6.07, 6.45) is 0.529. The van der Waals surface area contributed by atoms with Crippen LogP contribution in [-0.2, 0) is 0 Å². The third-order valence-electron chi connectivity index (χ3n) is 3.36. The zero-order valence-electron chi connectivity index (χ0n) is 10.1. The average Bonchev–Trinajstić information content (AvgIpc) is 2.38. The molecule has 1 aliphatic heterocycles. The normalized spacial score (nSPS) is 21.6. The summed E-state index contributed by atoms with van der Waals surface area (Å²) in [5, 5.41) is 0. The molecule has 0 radical (unpaired) electrons. The smallest absolute Gasteiger partial charge is 0.127 e. The van der Waals surface area contributed by atoms with Crippen LogP contribution < -0.4 is 10.5 Å². The summed E-state index contributed by atoms with van der Waals surface area (Å²) in [6.45, 7) is 0. The predicted octanol–water partition coefficient (Wildman–Crippen LogP) is 4.11. The van der Waals surface area contributed by atoms with Crippen molar-refractivity contribution in [3.63, 3.8) is 0 Å². The van der Waals surface area contributed by atoms with E-state index < -0.39 is 0 Å². The van der Waals surface area contributed by atoms with Gasteiger partial charge in [0, 0.05) is 34.1 Å². The first kappa shape index (κ1) is 12.6. The van der Waals surface area contributed by atoms with E-state index in [1.807, 2.05) is 24.3 Å². The van der Waals surface area contributed by atoms with Crippen LogP contribution in [0.3, 0.4) is 0 Å². The molecular weight excluding hydrogens is 309 g/mol. The molecule has 0 saturated heterocycles. The Bertz CT molecular complexity index is 617. The monoisotopic (exact) mass is 321 g/mol. The Balaban J connectivity index is 1.99. The van der Waals surface area contributed by atoms with Crippen molar-refractivity contribution in [1.29, 1.82) is 0 Å². The highest BCUT2D eigenvalue weighted by atomic mass is 79.9. The Kier molecular flexibility index (Phi) is 3.29. The standard InChI is InChI=1S/C15H13BrFNO/c16-12-4-2-1-3-10(12)15-8-13(18)11-6-5-9(17)7-14(11)19-15/h1-7,13,15H,8,18H2. The predicted molar refractivity (Wildman–Crippen MR) is 75.5 cm³/mol. The van der Waals surface area contributed by atoms with Crippen LogP contribution in [0.2, 0.25) is 0 Å². The van der Waals surface area contributed by atoms with Gasteiger partial charge in [0.15, 0.2) is 0 Å². The van der Waals surface area contributed by atoms with Gasteiger partial charge >= 0.3 is 0 Å². The lowest BCUT2D eigenvalue weighted by molar-refractivity contribution is 0.160. The average molecular weight is 322 g/mol. The van der Waals surface area contributed by atoms with Crippen molar-refractivity contribution < 1.29 is 9.13 Å². The Labute approximate surface area is 119 Å². The van der Waals surface area contributed by atoms with Crippen LogP contribution >= 0.6 is 15.9 Å². The summed E-state index contributed by atoms with van der Waals surface area (Å²) >= 11 is 3.51. The second-order valence-electron chi connectivity index (χ2n) is 4.65. The van der Waals surface area contributed by atoms with Crippen LogP contribution in [-0.4, -0.2) is 0 Å². The molecule has 2 N–H and O–H groups in total. The van der Waals surface area contributed by atoms with Crippen molar-refractivity contribution >= 4 is 15.9 Å². The lowest BCUT2D eigenvalue weighted by atomic mass is 9.93. The molecule has 0 saturated carbocycles.